The molecule has 9 nitrogen and oxygen atoms in total. The van der Waals surface area contributed by atoms with Gasteiger partial charge in [-0.3, -0.25) is 4.79 Å². The number of anilines is 1. The second kappa shape index (κ2) is 7.97. The van der Waals surface area contributed by atoms with Crippen LogP contribution in [0.4, 0.5) is 5.69 Å². The number of carbonyl (C=O) groups is 1. The number of aromatic nitrogens is 2. The summed E-state index contributed by atoms with van der Waals surface area (Å²) in [6.07, 6.45) is 4.42. The Kier molecular flexibility index (Phi) is 5.66. The fraction of sp³-hybridized carbons (Fsp3) is 0.412. The molecule has 0 spiro atoms. The van der Waals surface area contributed by atoms with Crippen LogP contribution in [0.1, 0.15) is 12.8 Å². The first-order valence-corrected chi connectivity index (χ1v) is 9.92. The van der Waals surface area contributed by atoms with Crippen LogP contribution in [0, 0.1) is 0 Å². The molecule has 0 unspecified atom stereocenters. The number of nitrogens with zero attached hydrogens (tertiary/aromatic N) is 3. The predicted octanol–water partition coefficient (Wildman–Crippen LogP) is 1.32. The number of hydrogen-bond donors (Lipinski definition) is 1. The van der Waals surface area contributed by atoms with Gasteiger partial charge in [-0.2, -0.15) is 4.31 Å². The lowest BCUT2D eigenvalue weighted by atomic mass is 10.2. The lowest BCUT2D eigenvalue weighted by molar-refractivity contribution is -0.116. The summed E-state index contributed by atoms with van der Waals surface area (Å²) in [6, 6.07) is 5.04. The molecule has 3 rings (SSSR count). The number of amides is 1. The van der Waals surface area contributed by atoms with E-state index in [9.17, 15) is 13.2 Å². The number of hydrogen-bond acceptors (Lipinski definition) is 6. The number of benzene rings is 1. The van der Waals surface area contributed by atoms with Crippen molar-refractivity contribution in [2.75, 3.05) is 32.6 Å². The molecule has 1 N–H and O–H groups in total. The minimum Gasteiger partial charge on any atom is -0.497 e. The van der Waals surface area contributed by atoms with E-state index in [0.717, 1.165) is 12.8 Å². The quantitative estimate of drug-likeness (QED) is 0.760. The fourth-order valence-electron chi connectivity index (χ4n) is 2.88. The minimum atomic E-state index is -3.60. The van der Waals surface area contributed by atoms with E-state index in [2.05, 4.69) is 10.3 Å². The normalized spacial score (nSPS) is 14.9. The Labute approximate surface area is 158 Å². The van der Waals surface area contributed by atoms with Crippen molar-refractivity contribution in [3.63, 3.8) is 0 Å². The van der Waals surface area contributed by atoms with Gasteiger partial charge in [-0.05, 0) is 25.0 Å². The first-order chi connectivity index (χ1) is 12.9. The van der Waals surface area contributed by atoms with Crippen LogP contribution in [-0.2, 0) is 21.4 Å². The van der Waals surface area contributed by atoms with Gasteiger partial charge >= 0.3 is 0 Å². The second-order valence-corrected chi connectivity index (χ2v) is 7.99. The average molecular weight is 394 g/mol. The van der Waals surface area contributed by atoms with Gasteiger partial charge in [0.05, 0.1) is 26.2 Å². The Morgan fingerprint density at radius 2 is 1.96 bits per heavy atom. The summed E-state index contributed by atoms with van der Waals surface area (Å²) >= 11 is 0. The molecular formula is C17H22N4O5S. The molecule has 27 heavy (non-hydrogen) atoms. The third kappa shape index (κ3) is 4.22. The summed E-state index contributed by atoms with van der Waals surface area (Å²) in [5, 5.41) is 2.69. The molecular weight excluding hydrogens is 372 g/mol. The monoisotopic (exact) mass is 394 g/mol. The zero-order chi connectivity index (χ0) is 19.4. The molecule has 0 bridgehead atoms. The molecule has 1 amide bonds. The van der Waals surface area contributed by atoms with Crippen molar-refractivity contribution in [1.29, 1.82) is 0 Å². The number of sulfonamides is 1. The highest BCUT2D eigenvalue weighted by Gasteiger charge is 2.29. The lowest BCUT2D eigenvalue weighted by Crippen LogP contribution is -2.28. The molecule has 1 saturated heterocycles. The van der Waals surface area contributed by atoms with Gasteiger partial charge < -0.3 is 19.4 Å². The Balaban J connectivity index is 1.68. The summed E-state index contributed by atoms with van der Waals surface area (Å²) in [6.45, 7) is 0.942. The molecule has 0 saturated carbocycles. The van der Waals surface area contributed by atoms with Crippen molar-refractivity contribution in [2.45, 2.75) is 24.4 Å². The third-order valence-corrected chi connectivity index (χ3v) is 6.07. The number of methoxy groups -OCH3 is 2. The maximum atomic E-state index is 12.5. The molecule has 0 aliphatic carbocycles. The van der Waals surface area contributed by atoms with Gasteiger partial charge in [-0.1, -0.05) is 0 Å². The molecule has 2 heterocycles. The first kappa shape index (κ1) is 19.2. The summed E-state index contributed by atoms with van der Waals surface area (Å²) in [4.78, 5) is 16.3. The highest BCUT2D eigenvalue weighted by atomic mass is 32.2. The van der Waals surface area contributed by atoms with E-state index < -0.39 is 10.0 Å². The van der Waals surface area contributed by atoms with Crippen molar-refractivity contribution >= 4 is 21.6 Å². The van der Waals surface area contributed by atoms with Gasteiger partial charge in [0, 0.05) is 25.4 Å². The molecule has 1 aliphatic rings. The molecule has 10 heteroatoms. The summed E-state index contributed by atoms with van der Waals surface area (Å²) in [5.41, 5.74) is 0.494. The number of rotatable bonds is 7. The van der Waals surface area contributed by atoms with Crippen LogP contribution in [0.15, 0.2) is 35.7 Å². The predicted molar refractivity (Wildman–Crippen MR) is 98.4 cm³/mol. The molecule has 1 aromatic carbocycles. The number of ether oxygens (including phenoxy) is 2. The van der Waals surface area contributed by atoms with Gasteiger partial charge in [0.2, 0.25) is 5.91 Å². The maximum absolute atomic E-state index is 12.5. The first-order valence-electron chi connectivity index (χ1n) is 8.48. The molecule has 1 fully saturated rings. The topological polar surface area (TPSA) is 103 Å². The van der Waals surface area contributed by atoms with Crippen LogP contribution in [0.5, 0.6) is 11.5 Å². The van der Waals surface area contributed by atoms with Crippen LogP contribution >= 0.6 is 0 Å². The fourth-order valence-corrected chi connectivity index (χ4v) is 4.33. The van der Waals surface area contributed by atoms with Crippen molar-refractivity contribution in [1.82, 2.24) is 13.9 Å². The molecule has 1 aromatic heterocycles. The molecule has 1 aliphatic heterocycles. The molecule has 0 radical (unpaired) electrons. The van der Waals surface area contributed by atoms with E-state index in [1.54, 1.807) is 25.3 Å². The zero-order valence-corrected chi connectivity index (χ0v) is 16.0. The van der Waals surface area contributed by atoms with Gasteiger partial charge in [0.25, 0.3) is 10.0 Å². The summed E-state index contributed by atoms with van der Waals surface area (Å²) < 4.78 is 38.2. The lowest BCUT2D eigenvalue weighted by Gasteiger charge is -2.13. The van der Waals surface area contributed by atoms with Crippen molar-refractivity contribution < 1.29 is 22.7 Å². The van der Waals surface area contributed by atoms with E-state index in [-0.39, 0.29) is 17.5 Å². The van der Waals surface area contributed by atoms with Gasteiger partial charge in [0.1, 0.15) is 18.0 Å². The van der Waals surface area contributed by atoms with E-state index in [0.29, 0.717) is 30.3 Å². The zero-order valence-electron chi connectivity index (χ0n) is 15.2. The Morgan fingerprint density at radius 3 is 2.63 bits per heavy atom. The SMILES string of the molecule is COc1ccc(NC(=O)Cn2cnc(S(=O)(=O)N3CCCC3)c2)c(OC)c1. The summed E-state index contributed by atoms with van der Waals surface area (Å²) in [7, 11) is -0.558. The van der Waals surface area contributed by atoms with Gasteiger partial charge in [0.15, 0.2) is 5.03 Å². The van der Waals surface area contributed by atoms with Gasteiger partial charge in [-0.25, -0.2) is 13.4 Å². The van der Waals surface area contributed by atoms with Crippen LogP contribution in [0.25, 0.3) is 0 Å². The Bertz CT molecular complexity index is 919. The number of imidazole rings is 1. The van der Waals surface area contributed by atoms with Crippen LogP contribution in [0.2, 0.25) is 0 Å². The average Bonchev–Trinajstić information content (AvgIpc) is 3.34. The van der Waals surface area contributed by atoms with Crippen molar-refractivity contribution in [3.8, 4) is 11.5 Å². The van der Waals surface area contributed by atoms with Crippen LogP contribution < -0.4 is 14.8 Å². The van der Waals surface area contributed by atoms with Gasteiger partial charge in [-0.15, -0.1) is 0 Å². The highest BCUT2D eigenvalue weighted by Crippen LogP contribution is 2.29. The minimum absolute atomic E-state index is 0.0424. The highest BCUT2D eigenvalue weighted by molar-refractivity contribution is 7.89. The van der Waals surface area contributed by atoms with E-state index in [1.807, 2.05) is 0 Å². The van der Waals surface area contributed by atoms with Crippen LogP contribution in [0.3, 0.4) is 0 Å². The van der Waals surface area contributed by atoms with Crippen LogP contribution in [-0.4, -0.2) is 55.5 Å². The largest absolute Gasteiger partial charge is 0.497 e. The van der Waals surface area contributed by atoms with E-state index in [1.165, 1.54) is 28.5 Å². The standard InChI is InChI=1S/C17H22N4O5S/c1-25-13-5-6-14(15(9-13)26-2)19-16(22)10-20-11-17(18-12-20)27(23,24)21-7-3-4-8-21/h5-6,9,11-12H,3-4,7-8,10H2,1-2H3,(H,19,22). The van der Waals surface area contributed by atoms with Crippen molar-refractivity contribution in [3.05, 3.63) is 30.7 Å². The third-order valence-electron chi connectivity index (χ3n) is 4.29. The van der Waals surface area contributed by atoms with E-state index in [4.69, 9.17) is 9.47 Å². The smallest absolute Gasteiger partial charge is 0.262 e. The maximum Gasteiger partial charge on any atom is 0.262 e. The second-order valence-electron chi connectivity index (χ2n) is 6.11. The van der Waals surface area contributed by atoms with E-state index >= 15 is 0 Å². The summed E-state index contributed by atoms with van der Waals surface area (Å²) in [5.74, 6) is 0.739. The Hall–Kier alpha value is -2.59. The number of carbonyl (C=O) groups excluding carboxylic acids is 1. The Morgan fingerprint density at radius 1 is 1.22 bits per heavy atom. The number of nitrogens with one attached hydrogen (secondary N) is 1. The molecule has 146 valence electrons. The van der Waals surface area contributed by atoms with Crippen molar-refractivity contribution in [2.24, 2.45) is 0 Å². The molecule has 0 atom stereocenters. The molecule has 2 aromatic rings.